The summed E-state index contributed by atoms with van der Waals surface area (Å²) in [6.07, 6.45) is 0. The van der Waals surface area contributed by atoms with Crippen molar-refractivity contribution >= 4 is 0 Å². The molecule has 12 rings (SSSR count). The first kappa shape index (κ1) is 35.0. The van der Waals surface area contributed by atoms with Crippen molar-refractivity contribution < 1.29 is 0 Å². The fourth-order valence-electron chi connectivity index (χ4n) is 10.0. The zero-order valence-corrected chi connectivity index (χ0v) is 33.3. The molecule has 1 heterocycles. The van der Waals surface area contributed by atoms with E-state index in [2.05, 4.69) is 231 Å². The number of nitrogens with zero attached hydrogens (tertiary/aromatic N) is 2. The van der Waals surface area contributed by atoms with Gasteiger partial charge in [-0.2, -0.15) is 0 Å². The lowest BCUT2D eigenvalue weighted by Crippen LogP contribution is -2.25. The van der Waals surface area contributed by atoms with Gasteiger partial charge in [0.05, 0.1) is 16.8 Å². The SMILES string of the molecule is c1ccc(-c2ccc(-c3cc(-c4cccc(-c5ccccc5)c4)nc(-c4cccc(-c5cccc6c5-c5ccccc5C65c6ccccc6-c6ccccc65)c4)n3)cc2)cc1. The van der Waals surface area contributed by atoms with Gasteiger partial charge in [0.15, 0.2) is 5.82 Å². The van der Waals surface area contributed by atoms with Crippen LogP contribution >= 0.6 is 0 Å². The molecule has 0 saturated carbocycles. The van der Waals surface area contributed by atoms with Gasteiger partial charge in [-0.25, -0.2) is 9.97 Å². The molecule has 0 bridgehead atoms. The summed E-state index contributed by atoms with van der Waals surface area (Å²) in [4.78, 5) is 10.7. The highest BCUT2D eigenvalue weighted by atomic mass is 14.9. The van der Waals surface area contributed by atoms with Gasteiger partial charge in [-0.1, -0.05) is 212 Å². The zero-order valence-electron chi connectivity index (χ0n) is 33.3. The second-order valence-corrected chi connectivity index (χ2v) is 16.0. The summed E-state index contributed by atoms with van der Waals surface area (Å²) in [5.41, 5.74) is 22.0. The van der Waals surface area contributed by atoms with Crippen molar-refractivity contribution in [2.75, 3.05) is 0 Å². The van der Waals surface area contributed by atoms with Crippen LogP contribution in [0.15, 0.2) is 231 Å². The Kier molecular flexibility index (Phi) is 8.11. The van der Waals surface area contributed by atoms with E-state index < -0.39 is 5.41 Å². The van der Waals surface area contributed by atoms with E-state index in [1.54, 1.807) is 0 Å². The van der Waals surface area contributed by atoms with Crippen molar-refractivity contribution in [3.63, 3.8) is 0 Å². The van der Waals surface area contributed by atoms with Gasteiger partial charge in [-0.05, 0) is 96.1 Å². The highest BCUT2D eigenvalue weighted by Gasteiger charge is 2.51. The molecule has 0 N–H and O–H groups in total. The Morgan fingerprint density at radius 1 is 0.246 bits per heavy atom. The molecule has 0 saturated heterocycles. The molecule has 9 aromatic carbocycles. The number of aromatic nitrogens is 2. The third kappa shape index (κ3) is 5.57. The van der Waals surface area contributed by atoms with E-state index in [1.807, 2.05) is 0 Å². The first-order valence-electron chi connectivity index (χ1n) is 21.0. The van der Waals surface area contributed by atoms with Gasteiger partial charge < -0.3 is 0 Å². The topological polar surface area (TPSA) is 25.8 Å². The second-order valence-electron chi connectivity index (χ2n) is 16.0. The Hall–Kier alpha value is -7.94. The fraction of sp³-hybridized carbons (Fsp3) is 0.0169. The number of fused-ring (bicyclic) bond motifs is 10. The average Bonchev–Trinajstić information content (AvgIpc) is 3.82. The molecule has 2 aliphatic carbocycles. The van der Waals surface area contributed by atoms with Gasteiger partial charge >= 0.3 is 0 Å². The van der Waals surface area contributed by atoms with E-state index in [-0.39, 0.29) is 0 Å². The Balaban J connectivity index is 1.02. The zero-order chi connectivity index (χ0) is 40.3. The average molecular weight is 775 g/mol. The Morgan fingerprint density at radius 2 is 0.656 bits per heavy atom. The minimum Gasteiger partial charge on any atom is -0.228 e. The molecule has 1 aromatic heterocycles. The maximum absolute atomic E-state index is 5.34. The summed E-state index contributed by atoms with van der Waals surface area (Å²) in [7, 11) is 0. The largest absolute Gasteiger partial charge is 0.228 e. The van der Waals surface area contributed by atoms with E-state index in [1.165, 1.54) is 66.8 Å². The van der Waals surface area contributed by atoms with E-state index >= 15 is 0 Å². The number of benzene rings is 9. The van der Waals surface area contributed by atoms with Crippen LogP contribution < -0.4 is 0 Å². The Bertz CT molecular complexity index is 3250. The Labute approximate surface area is 356 Å². The molecule has 0 fully saturated rings. The van der Waals surface area contributed by atoms with Crippen LogP contribution in [0, 0.1) is 0 Å². The van der Waals surface area contributed by atoms with Gasteiger partial charge in [0.2, 0.25) is 0 Å². The van der Waals surface area contributed by atoms with Crippen molar-refractivity contribution in [2.24, 2.45) is 0 Å². The molecular weight excluding hydrogens is 737 g/mol. The second kappa shape index (κ2) is 14.1. The van der Waals surface area contributed by atoms with Crippen LogP contribution in [0.3, 0.4) is 0 Å². The van der Waals surface area contributed by atoms with Crippen LogP contribution in [0.5, 0.6) is 0 Å². The highest BCUT2D eigenvalue weighted by molar-refractivity contribution is 6.00. The normalized spacial score (nSPS) is 12.7. The third-order valence-corrected chi connectivity index (χ3v) is 12.7. The molecule has 0 aliphatic heterocycles. The van der Waals surface area contributed by atoms with E-state index in [4.69, 9.17) is 9.97 Å². The summed E-state index contributed by atoms with van der Waals surface area (Å²) in [5.74, 6) is 0.690. The summed E-state index contributed by atoms with van der Waals surface area (Å²) in [6.45, 7) is 0. The van der Waals surface area contributed by atoms with Gasteiger partial charge in [-0.3, -0.25) is 0 Å². The monoisotopic (exact) mass is 774 g/mol. The van der Waals surface area contributed by atoms with E-state index in [0.717, 1.165) is 39.2 Å². The predicted octanol–water partition coefficient (Wildman–Crippen LogP) is 14.8. The number of hydrogen-bond acceptors (Lipinski definition) is 2. The summed E-state index contributed by atoms with van der Waals surface area (Å²) < 4.78 is 0. The molecule has 0 atom stereocenters. The summed E-state index contributed by atoms with van der Waals surface area (Å²) in [5, 5.41) is 0. The number of hydrogen-bond donors (Lipinski definition) is 0. The molecule has 2 aliphatic rings. The van der Waals surface area contributed by atoms with Gasteiger partial charge in [0.1, 0.15) is 0 Å². The lowest BCUT2D eigenvalue weighted by molar-refractivity contribution is 0.794. The van der Waals surface area contributed by atoms with Crippen LogP contribution in [-0.2, 0) is 5.41 Å². The smallest absolute Gasteiger partial charge is 0.160 e. The maximum atomic E-state index is 5.34. The number of rotatable bonds is 6. The molecule has 1 spiro atoms. The molecule has 61 heavy (non-hydrogen) atoms. The summed E-state index contributed by atoms with van der Waals surface area (Å²) in [6, 6.07) is 83.3. The van der Waals surface area contributed by atoms with Gasteiger partial charge in [-0.15, -0.1) is 0 Å². The van der Waals surface area contributed by atoms with Crippen LogP contribution in [0.1, 0.15) is 22.3 Å². The van der Waals surface area contributed by atoms with Gasteiger partial charge in [0.25, 0.3) is 0 Å². The molecule has 284 valence electrons. The molecule has 2 nitrogen and oxygen atoms in total. The molecule has 0 unspecified atom stereocenters. The van der Waals surface area contributed by atoms with Crippen molar-refractivity contribution in [1.29, 1.82) is 0 Å². The minimum atomic E-state index is -0.399. The maximum Gasteiger partial charge on any atom is 0.160 e. The third-order valence-electron chi connectivity index (χ3n) is 12.7. The van der Waals surface area contributed by atoms with Crippen LogP contribution in [0.2, 0.25) is 0 Å². The lowest BCUT2D eigenvalue weighted by Gasteiger charge is -2.30. The van der Waals surface area contributed by atoms with E-state index in [9.17, 15) is 0 Å². The van der Waals surface area contributed by atoms with Crippen molar-refractivity contribution in [3.8, 4) is 89.5 Å². The van der Waals surface area contributed by atoms with Gasteiger partial charge in [0, 0.05) is 16.7 Å². The van der Waals surface area contributed by atoms with Crippen molar-refractivity contribution in [2.45, 2.75) is 5.41 Å². The van der Waals surface area contributed by atoms with Crippen molar-refractivity contribution in [3.05, 3.63) is 253 Å². The Morgan fingerprint density at radius 3 is 1.33 bits per heavy atom. The summed E-state index contributed by atoms with van der Waals surface area (Å²) >= 11 is 0. The molecule has 0 amide bonds. The van der Waals surface area contributed by atoms with Crippen molar-refractivity contribution in [1.82, 2.24) is 9.97 Å². The minimum absolute atomic E-state index is 0.399. The molecule has 2 heteroatoms. The molecular formula is C59H38N2. The standard InChI is InChI=1S/C59H38N2/c1-3-16-39(17-4-1)41-32-34-42(35-33-41)55-38-56(45-22-13-20-43(36-45)40-18-5-2-6-19-40)61-58(60-55)46-23-14-21-44(37-46)47-27-15-31-54-57(47)50-26-9-12-30-53(50)59(54)51-28-10-7-24-48(51)49-25-8-11-29-52(49)59/h1-38H. The molecule has 10 aromatic rings. The predicted molar refractivity (Wildman–Crippen MR) is 251 cm³/mol. The highest BCUT2D eigenvalue weighted by Crippen LogP contribution is 2.64. The molecule has 0 radical (unpaired) electrons. The first-order chi connectivity index (χ1) is 30.2. The van der Waals surface area contributed by atoms with Crippen LogP contribution in [0.25, 0.3) is 89.5 Å². The first-order valence-corrected chi connectivity index (χ1v) is 21.0. The quantitative estimate of drug-likeness (QED) is 0.168. The lowest BCUT2D eigenvalue weighted by atomic mass is 9.70. The fourth-order valence-corrected chi connectivity index (χ4v) is 10.0. The van der Waals surface area contributed by atoms with Crippen LogP contribution in [-0.4, -0.2) is 9.97 Å². The van der Waals surface area contributed by atoms with Crippen LogP contribution in [0.4, 0.5) is 0 Å². The van der Waals surface area contributed by atoms with E-state index in [0.29, 0.717) is 5.82 Å².